The minimum Gasteiger partial charge on any atom is -0.368 e. The van der Waals surface area contributed by atoms with Gasteiger partial charge in [0, 0.05) is 29.4 Å². The van der Waals surface area contributed by atoms with Gasteiger partial charge in [0.05, 0.1) is 17.4 Å². The monoisotopic (exact) mass is 427 g/mol. The smallest absolute Gasteiger partial charge is 0.223 e. The van der Waals surface area contributed by atoms with Gasteiger partial charge in [0.25, 0.3) is 0 Å². The maximum absolute atomic E-state index is 14.5. The van der Waals surface area contributed by atoms with Crippen LogP contribution in [0.2, 0.25) is 0 Å². The van der Waals surface area contributed by atoms with E-state index in [1.165, 1.54) is 18.3 Å². The maximum atomic E-state index is 14.5. The first-order valence-electron chi connectivity index (χ1n) is 9.93. The van der Waals surface area contributed by atoms with Gasteiger partial charge in [-0.3, -0.25) is 9.78 Å². The van der Waals surface area contributed by atoms with Crippen LogP contribution in [0.1, 0.15) is 18.7 Å². The Hall–Kier alpha value is -4.40. The lowest BCUT2D eigenvalue weighted by atomic mass is 10.0. The molecule has 1 atom stereocenters. The highest BCUT2D eigenvalue weighted by Gasteiger charge is 2.20. The Labute approximate surface area is 181 Å². The van der Waals surface area contributed by atoms with E-state index in [-0.39, 0.29) is 28.1 Å². The molecular formula is C23H18FN7O. The summed E-state index contributed by atoms with van der Waals surface area (Å²) in [5.74, 6) is -0.141. The Morgan fingerprint density at radius 3 is 2.78 bits per heavy atom. The van der Waals surface area contributed by atoms with Crippen LogP contribution in [0.4, 0.5) is 16.2 Å². The predicted molar refractivity (Wildman–Crippen MR) is 122 cm³/mol. The van der Waals surface area contributed by atoms with Crippen molar-refractivity contribution < 1.29 is 4.39 Å². The number of aromatic amines is 1. The van der Waals surface area contributed by atoms with Crippen molar-refractivity contribution in [3.05, 3.63) is 82.7 Å². The third-order valence-corrected chi connectivity index (χ3v) is 5.16. The fraction of sp³-hybridized carbons (Fsp3) is 0.0870. The van der Waals surface area contributed by atoms with E-state index in [4.69, 9.17) is 5.73 Å². The third kappa shape index (κ3) is 3.39. The topological polar surface area (TPSA) is 122 Å². The fourth-order valence-corrected chi connectivity index (χ4v) is 3.71. The van der Waals surface area contributed by atoms with Gasteiger partial charge in [0.1, 0.15) is 28.2 Å². The highest BCUT2D eigenvalue weighted by molar-refractivity contribution is 5.88. The van der Waals surface area contributed by atoms with Crippen LogP contribution in [0.25, 0.3) is 33.2 Å². The minimum atomic E-state index is -0.465. The molecule has 0 bridgehead atoms. The number of benzene rings is 1. The second-order valence-corrected chi connectivity index (χ2v) is 7.31. The van der Waals surface area contributed by atoms with Crippen LogP contribution in [0.5, 0.6) is 0 Å². The average Bonchev–Trinajstić information content (AvgIpc) is 2.79. The van der Waals surface area contributed by atoms with Gasteiger partial charge in [-0.05, 0) is 31.2 Å². The Kier molecular flexibility index (Phi) is 4.70. The second-order valence-electron chi connectivity index (χ2n) is 7.31. The lowest BCUT2D eigenvalue weighted by Crippen LogP contribution is -2.16. The quantitative estimate of drug-likeness (QED) is 0.398. The summed E-state index contributed by atoms with van der Waals surface area (Å²) in [7, 11) is 0. The molecule has 0 aliphatic rings. The highest BCUT2D eigenvalue weighted by Crippen LogP contribution is 2.32. The van der Waals surface area contributed by atoms with Crippen molar-refractivity contribution in [3.63, 3.8) is 0 Å². The van der Waals surface area contributed by atoms with Gasteiger partial charge in [-0.25, -0.2) is 9.37 Å². The number of nitrogens with two attached hydrogens (primary N) is 1. The van der Waals surface area contributed by atoms with Crippen molar-refractivity contribution in [2.24, 2.45) is 0 Å². The van der Waals surface area contributed by atoms with Gasteiger partial charge in [-0.1, -0.05) is 18.2 Å². The maximum Gasteiger partial charge on any atom is 0.223 e. The van der Waals surface area contributed by atoms with Crippen LogP contribution in [0, 0.1) is 5.82 Å². The lowest BCUT2D eigenvalue weighted by molar-refractivity contribution is 0.635. The van der Waals surface area contributed by atoms with E-state index >= 15 is 0 Å². The number of anilines is 2. The summed E-state index contributed by atoms with van der Waals surface area (Å²) in [6.45, 7) is 1.85. The summed E-state index contributed by atoms with van der Waals surface area (Å²) < 4.78 is 14.5. The summed E-state index contributed by atoms with van der Waals surface area (Å²) in [4.78, 5) is 32.8. The number of nitrogens with one attached hydrogen (secondary N) is 2. The van der Waals surface area contributed by atoms with Crippen LogP contribution < -0.4 is 16.5 Å². The van der Waals surface area contributed by atoms with Gasteiger partial charge >= 0.3 is 0 Å². The van der Waals surface area contributed by atoms with E-state index in [0.717, 1.165) is 5.56 Å². The van der Waals surface area contributed by atoms with Crippen LogP contribution in [0.3, 0.4) is 0 Å². The van der Waals surface area contributed by atoms with Crippen LogP contribution >= 0.6 is 0 Å². The van der Waals surface area contributed by atoms with E-state index in [2.05, 4.69) is 30.2 Å². The molecule has 9 heteroatoms. The van der Waals surface area contributed by atoms with Crippen molar-refractivity contribution in [3.8, 4) is 11.3 Å². The Bertz CT molecular complexity index is 1520. The SMILES string of the molecule is C[C@H](Nc1nc(N)nc2[nH]ccc(=O)c12)c1nc2c(F)cccc2cc1-c1ccccn1. The summed E-state index contributed by atoms with van der Waals surface area (Å²) in [6, 6.07) is 13.2. The molecule has 158 valence electrons. The second kappa shape index (κ2) is 7.69. The summed E-state index contributed by atoms with van der Waals surface area (Å²) in [6.07, 6.45) is 3.18. The molecule has 1 aromatic carbocycles. The molecule has 4 aromatic heterocycles. The molecule has 0 saturated heterocycles. The number of aromatic nitrogens is 5. The molecular weight excluding hydrogens is 409 g/mol. The minimum absolute atomic E-state index is 0.0107. The van der Waals surface area contributed by atoms with Crippen molar-refractivity contribution in [1.29, 1.82) is 0 Å². The first-order chi connectivity index (χ1) is 15.5. The van der Waals surface area contributed by atoms with E-state index < -0.39 is 11.9 Å². The molecule has 0 unspecified atom stereocenters. The van der Waals surface area contributed by atoms with Gasteiger partial charge in [0.15, 0.2) is 5.43 Å². The number of nitrogen functional groups attached to an aromatic ring is 1. The molecule has 0 fully saturated rings. The number of nitrogens with zero attached hydrogens (tertiary/aromatic N) is 4. The Morgan fingerprint density at radius 2 is 1.97 bits per heavy atom. The summed E-state index contributed by atoms with van der Waals surface area (Å²) in [5, 5.41) is 4.15. The average molecular weight is 427 g/mol. The first kappa shape index (κ1) is 19.6. The number of para-hydroxylation sites is 1. The lowest BCUT2D eigenvalue weighted by Gasteiger charge is -2.19. The number of pyridine rings is 3. The number of hydrogen-bond acceptors (Lipinski definition) is 7. The summed E-state index contributed by atoms with van der Waals surface area (Å²) in [5.41, 5.74) is 8.15. The molecule has 5 rings (SSSR count). The number of rotatable bonds is 4. The molecule has 5 aromatic rings. The highest BCUT2D eigenvalue weighted by atomic mass is 19.1. The van der Waals surface area contributed by atoms with E-state index in [0.29, 0.717) is 22.4 Å². The summed E-state index contributed by atoms with van der Waals surface area (Å²) >= 11 is 0. The van der Waals surface area contributed by atoms with Gasteiger partial charge in [-0.15, -0.1) is 0 Å². The number of halogens is 1. The Balaban J connectivity index is 1.69. The van der Waals surface area contributed by atoms with Crippen molar-refractivity contribution in [2.45, 2.75) is 13.0 Å². The van der Waals surface area contributed by atoms with E-state index in [9.17, 15) is 9.18 Å². The zero-order chi connectivity index (χ0) is 22.2. The van der Waals surface area contributed by atoms with Crippen molar-refractivity contribution in [2.75, 3.05) is 11.1 Å². The van der Waals surface area contributed by atoms with Gasteiger partial charge < -0.3 is 16.0 Å². The fourth-order valence-electron chi connectivity index (χ4n) is 3.71. The van der Waals surface area contributed by atoms with Crippen LogP contribution in [0.15, 0.2) is 65.7 Å². The van der Waals surface area contributed by atoms with Gasteiger partial charge in [0.2, 0.25) is 5.95 Å². The number of fused-ring (bicyclic) bond motifs is 2. The zero-order valence-corrected chi connectivity index (χ0v) is 17.0. The largest absolute Gasteiger partial charge is 0.368 e. The molecule has 8 nitrogen and oxygen atoms in total. The Morgan fingerprint density at radius 1 is 1.09 bits per heavy atom. The zero-order valence-electron chi connectivity index (χ0n) is 17.0. The number of hydrogen-bond donors (Lipinski definition) is 3. The molecule has 0 amide bonds. The van der Waals surface area contributed by atoms with Crippen LogP contribution in [-0.2, 0) is 0 Å². The standard InChI is InChI=1S/C23H18FN7O/c1-12(28-22-18-17(32)8-10-27-21(18)30-23(25)31-22)19-14(16-7-2-3-9-26-16)11-13-5-4-6-15(24)20(13)29-19/h2-12H,1H3,(H4,25,27,28,30,31,32)/t12-/m0/s1. The van der Waals surface area contributed by atoms with E-state index in [1.54, 1.807) is 18.3 Å². The molecule has 0 aliphatic carbocycles. The molecule has 4 N–H and O–H groups in total. The predicted octanol–water partition coefficient (Wildman–Crippen LogP) is 3.82. The molecule has 0 spiro atoms. The van der Waals surface area contributed by atoms with E-state index in [1.807, 2.05) is 31.2 Å². The van der Waals surface area contributed by atoms with Crippen molar-refractivity contribution in [1.82, 2.24) is 24.9 Å². The first-order valence-corrected chi connectivity index (χ1v) is 9.93. The molecule has 0 radical (unpaired) electrons. The number of H-pyrrole nitrogens is 1. The van der Waals surface area contributed by atoms with Crippen molar-refractivity contribution >= 4 is 33.7 Å². The normalized spacial score (nSPS) is 12.2. The van der Waals surface area contributed by atoms with Crippen LogP contribution in [-0.4, -0.2) is 24.9 Å². The molecule has 32 heavy (non-hydrogen) atoms. The molecule has 0 saturated carbocycles. The van der Waals surface area contributed by atoms with Gasteiger partial charge in [-0.2, -0.15) is 9.97 Å². The third-order valence-electron chi connectivity index (χ3n) is 5.16. The molecule has 0 aliphatic heterocycles. The molecule has 4 heterocycles.